The Kier molecular flexibility index (Phi) is 7.86. The molecule has 2 fully saturated rings. The Morgan fingerprint density at radius 1 is 1.05 bits per heavy atom. The molecule has 2 aliphatic heterocycles. The molecule has 7 nitrogen and oxygen atoms in total. The zero-order valence-corrected chi connectivity index (χ0v) is 25.5. The number of likely N-dealkylation sites (tertiary alicyclic amines) is 2. The Morgan fingerprint density at radius 3 is 2.37 bits per heavy atom. The van der Waals surface area contributed by atoms with E-state index in [4.69, 9.17) is 28.1 Å². The number of piperidine rings is 2. The van der Waals surface area contributed by atoms with Crippen LogP contribution in [0.25, 0.3) is 0 Å². The van der Waals surface area contributed by atoms with E-state index < -0.39 is 5.54 Å². The molecule has 4 N–H and O–H groups in total. The number of primary amides is 1. The van der Waals surface area contributed by atoms with Gasteiger partial charge in [0, 0.05) is 52.8 Å². The van der Waals surface area contributed by atoms with Crippen molar-refractivity contribution in [2.75, 3.05) is 26.2 Å². The average molecular weight is 668 g/mol. The van der Waals surface area contributed by atoms with Crippen LogP contribution in [0.3, 0.4) is 0 Å². The molecule has 0 unspecified atom stereocenters. The van der Waals surface area contributed by atoms with Crippen LogP contribution in [0.2, 0.25) is 5.02 Å². The predicted molar refractivity (Wildman–Crippen MR) is 156 cm³/mol. The first-order valence-electron chi connectivity index (χ1n) is 13.3. The van der Waals surface area contributed by atoms with E-state index in [1.807, 2.05) is 23.2 Å². The average Bonchev–Trinajstić information content (AvgIpc) is 2.99. The van der Waals surface area contributed by atoms with Crippen molar-refractivity contribution >= 4 is 55.4 Å². The number of rotatable bonds is 3. The monoisotopic (exact) mass is 665 g/mol. The Morgan fingerprint density at radius 2 is 1.71 bits per heavy atom. The van der Waals surface area contributed by atoms with Crippen molar-refractivity contribution in [3.05, 3.63) is 60.7 Å². The molecule has 0 saturated carbocycles. The normalized spacial score (nSPS) is 23.4. The standard InChI is InChI=1S/C28H34Br2ClN5O2/c1-27(6-10-35(11-7-27)23(37)12-17-4-8-36(9-5-17)26(32)38)28(33)24-18(14-21(31)15-22(24)30)2-3-19-13-20(29)16-34-25(19)28/h13-17H,2-12,33H2,1H3,(H2,32,38)/t28-/m0/s1. The van der Waals surface area contributed by atoms with Crippen LogP contribution >= 0.6 is 43.5 Å². The number of carbonyl (C=O) groups is 2. The van der Waals surface area contributed by atoms with Crippen LogP contribution in [-0.2, 0) is 23.2 Å². The van der Waals surface area contributed by atoms with Crippen molar-refractivity contribution in [3.63, 3.8) is 0 Å². The van der Waals surface area contributed by atoms with Gasteiger partial charge >= 0.3 is 6.03 Å². The topological polar surface area (TPSA) is 106 Å². The van der Waals surface area contributed by atoms with Gasteiger partial charge in [-0.1, -0.05) is 34.5 Å². The van der Waals surface area contributed by atoms with E-state index in [2.05, 4.69) is 44.8 Å². The van der Waals surface area contributed by atoms with Crippen molar-refractivity contribution in [2.45, 2.75) is 57.4 Å². The number of hydrogen-bond donors (Lipinski definition) is 2. The van der Waals surface area contributed by atoms with E-state index in [9.17, 15) is 9.59 Å². The lowest BCUT2D eigenvalue weighted by molar-refractivity contribution is -0.135. The summed E-state index contributed by atoms with van der Waals surface area (Å²) in [4.78, 5) is 33.3. The molecular formula is C28H34Br2ClN5O2. The number of hydrogen-bond acceptors (Lipinski definition) is 4. The summed E-state index contributed by atoms with van der Waals surface area (Å²) in [5.74, 6) is 0.476. The molecule has 10 heteroatoms. The van der Waals surface area contributed by atoms with Crippen molar-refractivity contribution < 1.29 is 9.59 Å². The van der Waals surface area contributed by atoms with Crippen LogP contribution in [0.1, 0.15) is 61.4 Å². The van der Waals surface area contributed by atoms with Crippen molar-refractivity contribution in [2.24, 2.45) is 22.8 Å². The van der Waals surface area contributed by atoms with Gasteiger partial charge in [0.1, 0.15) is 0 Å². The summed E-state index contributed by atoms with van der Waals surface area (Å²) in [6.45, 7) is 4.81. The first-order chi connectivity index (χ1) is 18.0. The molecular weight excluding hydrogens is 634 g/mol. The van der Waals surface area contributed by atoms with Gasteiger partial charge in [-0.05, 0) is 101 Å². The number of halogens is 3. The molecule has 2 aromatic rings. The Hall–Kier alpha value is -1.68. The minimum absolute atomic E-state index is 0.187. The quantitative estimate of drug-likeness (QED) is 0.459. The highest BCUT2D eigenvalue weighted by Gasteiger charge is 2.53. The van der Waals surface area contributed by atoms with Crippen molar-refractivity contribution in [1.82, 2.24) is 14.8 Å². The highest BCUT2D eigenvalue weighted by molar-refractivity contribution is 9.10. The maximum Gasteiger partial charge on any atom is 0.314 e. The lowest BCUT2D eigenvalue weighted by atomic mass is 9.60. The number of fused-ring (bicyclic) bond motifs is 2. The first-order valence-corrected chi connectivity index (χ1v) is 15.2. The van der Waals surface area contributed by atoms with Gasteiger partial charge in [-0.3, -0.25) is 9.78 Å². The van der Waals surface area contributed by atoms with Gasteiger partial charge in [0.15, 0.2) is 0 Å². The zero-order chi connectivity index (χ0) is 27.2. The summed E-state index contributed by atoms with van der Waals surface area (Å²) in [6, 6.07) is 5.72. The fraction of sp³-hybridized carbons (Fsp3) is 0.536. The second kappa shape index (κ2) is 10.7. The third-order valence-corrected chi connectivity index (χ3v) is 10.3. The molecule has 38 heavy (non-hydrogen) atoms. The lowest BCUT2D eigenvalue weighted by Crippen LogP contribution is -2.58. The number of nitrogens with two attached hydrogens (primary N) is 2. The first kappa shape index (κ1) is 27.9. The van der Waals surface area contributed by atoms with Gasteiger partial charge < -0.3 is 21.3 Å². The van der Waals surface area contributed by atoms with Crippen LogP contribution in [0, 0.1) is 11.3 Å². The molecule has 1 aromatic carbocycles. The number of benzene rings is 1. The number of aromatic nitrogens is 1. The fourth-order valence-corrected chi connectivity index (χ4v) is 8.21. The molecule has 1 aromatic heterocycles. The van der Waals surface area contributed by atoms with Crippen LogP contribution < -0.4 is 11.5 Å². The number of urea groups is 1. The summed E-state index contributed by atoms with van der Waals surface area (Å²) in [5, 5.41) is 0.685. The molecule has 2 saturated heterocycles. The van der Waals surface area contributed by atoms with Gasteiger partial charge in [0.05, 0.1) is 11.2 Å². The van der Waals surface area contributed by atoms with Crippen LogP contribution in [0.5, 0.6) is 0 Å². The second-order valence-corrected chi connectivity index (χ2v) is 13.5. The summed E-state index contributed by atoms with van der Waals surface area (Å²) < 4.78 is 1.84. The Bertz CT molecular complexity index is 1260. The largest absolute Gasteiger partial charge is 0.351 e. The molecule has 3 amide bonds. The Balaban J connectivity index is 1.39. The SMILES string of the molecule is CC1([C@@]2(N)c3ncc(Br)cc3CCc3cc(Cl)cc(Br)c32)CCN(C(=O)CC2CCN(C(N)=O)CC2)CC1. The molecule has 3 aliphatic rings. The second-order valence-electron chi connectivity index (χ2n) is 11.3. The number of carbonyl (C=O) groups excluding carboxylic acids is 2. The van der Waals surface area contributed by atoms with Gasteiger partial charge in [-0.2, -0.15) is 0 Å². The zero-order valence-electron chi connectivity index (χ0n) is 21.6. The van der Waals surface area contributed by atoms with Crippen molar-refractivity contribution in [3.8, 4) is 0 Å². The molecule has 204 valence electrons. The maximum absolute atomic E-state index is 13.3. The minimum atomic E-state index is -0.852. The molecule has 3 heterocycles. The number of pyridine rings is 1. The van der Waals surface area contributed by atoms with Gasteiger partial charge in [0.25, 0.3) is 0 Å². The summed E-state index contributed by atoms with van der Waals surface area (Å²) in [6.07, 6.45) is 7.17. The predicted octanol–water partition coefficient (Wildman–Crippen LogP) is 5.37. The van der Waals surface area contributed by atoms with E-state index >= 15 is 0 Å². The maximum atomic E-state index is 13.3. The molecule has 0 spiro atoms. The highest BCUT2D eigenvalue weighted by Crippen LogP contribution is 2.54. The smallest absolute Gasteiger partial charge is 0.314 e. The third-order valence-electron chi connectivity index (χ3n) is 9.06. The number of nitrogens with zero attached hydrogens (tertiary/aromatic N) is 3. The van der Waals surface area contributed by atoms with Crippen LogP contribution in [0.15, 0.2) is 33.3 Å². The van der Waals surface area contributed by atoms with Gasteiger partial charge in [0.2, 0.25) is 5.91 Å². The summed E-state index contributed by atoms with van der Waals surface area (Å²) >= 11 is 13.9. The van der Waals surface area contributed by atoms with Crippen LogP contribution in [0.4, 0.5) is 4.79 Å². The molecule has 1 aliphatic carbocycles. The lowest BCUT2D eigenvalue weighted by Gasteiger charge is -2.51. The van der Waals surface area contributed by atoms with E-state index in [0.29, 0.717) is 37.6 Å². The highest BCUT2D eigenvalue weighted by atomic mass is 79.9. The van der Waals surface area contributed by atoms with Gasteiger partial charge in [-0.15, -0.1) is 0 Å². The Labute approximate surface area is 245 Å². The molecule has 0 bridgehead atoms. The number of amides is 3. The van der Waals surface area contributed by atoms with E-state index in [1.54, 1.807) is 4.90 Å². The van der Waals surface area contributed by atoms with Crippen molar-refractivity contribution in [1.29, 1.82) is 0 Å². The van der Waals surface area contributed by atoms with E-state index in [-0.39, 0.29) is 23.3 Å². The van der Waals surface area contributed by atoms with E-state index in [0.717, 1.165) is 69.9 Å². The summed E-state index contributed by atoms with van der Waals surface area (Å²) in [5.41, 5.74) is 16.1. The van der Waals surface area contributed by atoms with E-state index in [1.165, 1.54) is 0 Å². The third kappa shape index (κ3) is 5.00. The number of aryl methyl sites for hydroxylation is 2. The minimum Gasteiger partial charge on any atom is -0.351 e. The van der Waals surface area contributed by atoms with Gasteiger partial charge in [-0.25, -0.2) is 4.79 Å². The molecule has 5 rings (SSSR count). The summed E-state index contributed by atoms with van der Waals surface area (Å²) in [7, 11) is 0. The van der Waals surface area contributed by atoms with Crippen LogP contribution in [-0.4, -0.2) is 52.9 Å². The molecule has 0 radical (unpaired) electrons. The molecule has 1 atom stereocenters. The fourth-order valence-electron chi connectivity index (χ4n) is 6.65.